The zero-order chi connectivity index (χ0) is 12.0. The Morgan fingerprint density at radius 1 is 1.35 bits per heavy atom. The number of rotatable bonds is 2. The molecule has 0 aliphatic heterocycles. The molecule has 17 heavy (non-hydrogen) atoms. The fraction of sp³-hybridized carbons (Fsp3) is 0.357. The van der Waals surface area contributed by atoms with Crippen LogP contribution >= 0.6 is 0 Å². The molecule has 0 saturated heterocycles. The molecule has 1 saturated carbocycles. The third kappa shape index (κ3) is 1.71. The first-order chi connectivity index (χ1) is 8.19. The molecular weight excluding hydrogens is 216 g/mol. The number of esters is 1. The number of methoxy groups -OCH3 is 1. The van der Waals surface area contributed by atoms with E-state index in [0.717, 1.165) is 22.3 Å². The van der Waals surface area contributed by atoms with E-state index in [2.05, 4.69) is 0 Å². The van der Waals surface area contributed by atoms with E-state index in [4.69, 9.17) is 9.15 Å². The molecule has 1 aliphatic rings. The quantitative estimate of drug-likeness (QED) is 0.742. The molecule has 2 aromatic rings. The van der Waals surface area contributed by atoms with Gasteiger partial charge in [-0.05, 0) is 43.5 Å². The Kier molecular flexibility index (Phi) is 2.21. The smallest absolute Gasteiger partial charge is 0.337 e. The number of hydrogen-bond acceptors (Lipinski definition) is 3. The molecule has 1 heterocycles. The fourth-order valence-corrected chi connectivity index (χ4v) is 2.15. The van der Waals surface area contributed by atoms with Gasteiger partial charge < -0.3 is 9.15 Å². The minimum Gasteiger partial charge on any atom is -0.465 e. The summed E-state index contributed by atoms with van der Waals surface area (Å²) < 4.78 is 10.6. The Hall–Kier alpha value is -1.77. The van der Waals surface area contributed by atoms with E-state index in [1.54, 1.807) is 0 Å². The second-order valence-electron chi connectivity index (χ2n) is 4.63. The number of carbonyl (C=O) groups excluding carboxylic acids is 1. The molecule has 1 aromatic heterocycles. The van der Waals surface area contributed by atoms with Gasteiger partial charge >= 0.3 is 5.97 Å². The van der Waals surface area contributed by atoms with Gasteiger partial charge in [0.2, 0.25) is 0 Å². The van der Waals surface area contributed by atoms with Crippen molar-refractivity contribution in [1.82, 2.24) is 0 Å². The number of hydrogen-bond donors (Lipinski definition) is 0. The van der Waals surface area contributed by atoms with Crippen LogP contribution in [-0.2, 0) is 4.74 Å². The van der Waals surface area contributed by atoms with Gasteiger partial charge in [-0.25, -0.2) is 4.79 Å². The molecule has 0 unspecified atom stereocenters. The van der Waals surface area contributed by atoms with Crippen molar-refractivity contribution in [2.24, 2.45) is 0 Å². The third-order valence-corrected chi connectivity index (χ3v) is 3.22. The number of furan rings is 1. The van der Waals surface area contributed by atoms with Crippen molar-refractivity contribution in [3.8, 4) is 0 Å². The Balaban J connectivity index is 2.14. The minimum absolute atomic E-state index is 0.302. The van der Waals surface area contributed by atoms with Crippen LogP contribution in [0, 0.1) is 6.92 Å². The lowest BCUT2D eigenvalue weighted by atomic mass is 10.1. The molecule has 0 N–H and O–H groups in total. The fourth-order valence-electron chi connectivity index (χ4n) is 2.15. The van der Waals surface area contributed by atoms with Gasteiger partial charge in [0.1, 0.15) is 11.3 Å². The normalized spacial score (nSPS) is 15.2. The Bertz CT molecular complexity index is 591. The lowest BCUT2D eigenvalue weighted by Crippen LogP contribution is -2.01. The highest BCUT2D eigenvalue weighted by Crippen LogP contribution is 2.42. The third-order valence-electron chi connectivity index (χ3n) is 3.22. The lowest BCUT2D eigenvalue weighted by Gasteiger charge is -2.01. The van der Waals surface area contributed by atoms with Crippen LogP contribution in [0.3, 0.4) is 0 Å². The first-order valence-electron chi connectivity index (χ1n) is 5.81. The van der Waals surface area contributed by atoms with Crippen LogP contribution in [0.2, 0.25) is 0 Å². The average Bonchev–Trinajstić information content (AvgIpc) is 3.08. The summed E-state index contributed by atoms with van der Waals surface area (Å²) >= 11 is 0. The van der Waals surface area contributed by atoms with Crippen LogP contribution in [0.15, 0.2) is 22.6 Å². The highest BCUT2D eigenvalue weighted by atomic mass is 16.5. The number of carbonyl (C=O) groups is 1. The summed E-state index contributed by atoms with van der Waals surface area (Å²) in [7, 11) is 1.40. The van der Waals surface area contributed by atoms with Gasteiger partial charge in [-0.3, -0.25) is 0 Å². The highest BCUT2D eigenvalue weighted by Gasteiger charge is 2.27. The molecule has 1 fully saturated rings. The van der Waals surface area contributed by atoms with Crippen LogP contribution in [0.1, 0.15) is 40.4 Å². The van der Waals surface area contributed by atoms with Crippen molar-refractivity contribution >= 4 is 16.9 Å². The van der Waals surface area contributed by atoms with Crippen LogP contribution in [-0.4, -0.2) is 13.1 Å². The van der Waals surface area contributed by atoms with Crippen molar-refractivity contribution in [3.63, 3.8) is 0 Å². The van der Waals surface area contributed by atoms with Crippen molar-refractivity contribution in [1.29, 1.82) is 0 Å². The molecule has 3 rings (SSSR count). The minimum atomic E-state index is -0.302. The molecule has 0 spiro atoms. The number of fused-ring (bicyclic) bond motifs is 1. The Labute approximate surface area is 99.4 Å². The van der Waals surface area contributed by atoms with Crippen LogP contribution in [0.25, 0.3) is 11.0 Å². The Morgan fingerprint density at radius 3 is 2.76 bits per heavy atom. The van der Waals surface area contributed by atoms with E-state index >= 15 is 0 Å². The van der Waals surface area contributed by atoms with E-state index < -0.39 is 0 Å². The molecule has 3 nitrogen and oxygen atoms in total. The first-order valence-corrected chi connectivity index (χ1v) is 5.81. The molecule has 0 atom stereocenters. The zero-order valence-corrected chi connectivity index (χ0v) is 9.95. The predicted molar refractivity (Wildman–Crippen MR) is 64.3 cm³/mol. The molecular formula is C14H14O3. The summed E-state index contributed by atoms with van der Waals surface area (Å²) in [5.41, 5.74) is 2.45. The summed E-state index contributed by atoms with van der Waals surface area (Å²) in [5.74, 6) is 1.33. The largest absolute Gasteiger partial charge is 0.465 e. The van der Waals surface area contributed by atoms with E-state index in [0.29, 0.717) is 11.5 Å². The maximum absolute atomic E-state index is 11.5. The van der Waals surface area contributed by atoms with Crippen LogP contribution in [0.4, 0.5) is 0 Å². The van der Waals surface area contributed by atoms with Crippen LogP contribution in [0.5, 0.6) is 0 Å². The monoisotopic (exact) mass is 230 g/mol. The molecule has 0 radical (unpaired) electrons. The van der Waals surface area contributed by atoms with Gasteiger partial charge in [-0.15, -0.1) is 0 Å². The summed E-state index contributed by atoms with van der Waals surface area (Å²) in [6, 6.07) is 5.70. The van der Waals surface area contributed by atoms with Gasteiger partial charge in [-0.2, -0.15) is 0 Å². The molecule has 88 valence electrons. The number of aryl methyl sites for hydroxylation is 1. The van der Waals surface area contributed by atoms with Gasteiger partial charge in [-0.1, -0.05) is 0 Å². The second kappa shape index (κ2) is 3.62. The van der Waals surface area contributed by atoms with Gasteiger partial charge in [0.15, 0.2) is 0 Å². The molecule has 0 amide bonds. The van der Waals surface area contributed by atoms with Gasteiger partial charge in [0.25, 0.3) is 0 Å². The Morgan fingerprint density at radius 2 is 2.12 bits per heavy atom. The molecule has 3 heteroatoms. The summed E-state index contributed by atoms with van der Waals surface area (Å²) in [6.45, 7) is 1.95. The molecule has 0 bridgehead atoms. The van der Waals surface area contributed by atoms with Crippen molar-refractivity contribution in [2.45, 2.75) is 25.7 Å². The van der Waals surface area contributed by atoms with E-state index in [1.807, 2.05) is 25.1 Å². The number of benzene rings is 1. The van der Waals surface area contributed by atoms with Crippen molar-refractivity contribution in [3.05, 3.63) is 35.1 Å². The highest BCUT2D eigenvalue weighted by molar-refractivity contribution is 5.95. The number of ether oxygens (including phenoxy) is 1. The molecule has 1 aromatic carbocycles. The van der Waals surface area contributed by atoms with Crippen molar-refractivity contribution < 1.29 is 13.9 Å². The topological polar surface area (TPSA) is 39.4 Å². The molecule has 1 aliphatic carbocycles. The SMILES string of the molecule is COC(=O)c1cc(C)c2oc(C3CC3)cc2c1. The zero-order valence-electron chi connectivity index (χ0n) is 9.95. The predicted octanol–water partition coefficient (Wildman–Crippen LogP) is 3.41. The average molecular weight is 230 g/mol. The van der Waals surface area contributed by atoms with E-state index in [-0.39, 0.29) is 5.97 Å². The van der Waals surface area contributed by atoms with E-state index in [1.165, 1.54) is 20.0 Å². The standard InChI is InChI=1S/C14H14O3/c1-8-5-11(14(15)16-2)6-10-7-12(9-3-4-9)17-13(8)10/h5-7,9H,3-4H2,1-2H3. The van der Waals surface area contributed by atoms with Crippen LogP contribution < -0.4 is 0 Å². The summed E-state index contributed by atoms with van der Waals surface area (Å²) in [5, 5.41) is 0.993. The first kappa shape index (κ1) is 10.4. The maximum atomic E-state index is 11.5. The lowest BCUT2D eigenvalue weighted by molar-refractivity contribution is 0.0601. The summed E-state index contributed by atoms with van der Waals surface area (Å²) in [4.78, 5) is 11.5. The maximum Gasteiger partial charge on any atom is 0.337 e. The second-order valence-corrected chi connectivity index (χ2v) is 4.63. The van der Waals surface area contributed by atoms with E-state index in [9.17, 15) is 4.79 Å². The van der Waals surface area contributed by atoms with Gasteiger partial charge in [0.05, 0.1) is 12.7 Å². The summed E-state index contributed by atoms with van der Waals surface area (Å²) in [6.07, 6.45) is 2.42. The van der Waals surface area contributed by atoms with Gasteiger partial charge in [0, 0.05) is 11.3 Å². The van der Waals surface area contributed by atoms with Crippen molar-refractivity contribution in [2.75, 3.05) is 7.11 Å².